The van der Waals surface area contributed by atoms with E-state index >= 15 is 0 Å². The van der Waals surface area contributed by atoms with Crippen LogP contribution in [0.1, 0.15) is 26.7 Å². The summed E-state index contributed by atoms with van der Waals surface area (Å²) in [6.45, 7) is 4.88. The van der Waals surface area contributed by atoms with E-state index in [1.807, 2.05) is 25.1 Å². The molecule has 1 aromatic rings. The summed E-state index contributed by atoms with van der Waals surface area (Å²) in [4.78, 5) is 0. The van der Waals surface area contributed by atoms with E-state index in [0.29, 0.717) is 12.6 Å². The molecule has 1 aliphatic rings. The minimum Gasteiger partial charge on any atom is -0.492 e. The van der Waals surface area contributed by atoms with E-state index in [9.17, 15) is 0 Å². The van der Waals surface area contributed by atoms with Crippen LogP contribution < -0.4 is 10.1 Å². The standard InChI is InChI=1S/C13H18ClNO/c1-3-16-13-7-6-11(14)8-12(13)15-9(2)10-4-5-10/h6-10,15H,3-5H2,1-2H3. The average molecular weight is 240 g/mol. The Hall–Kier alpha value is -0.890. The summed E-state index contributed by atoms with van der Waals surface area (Å²) in [6, 6.07) is 6.22. The Morgan fingerprint density at radius 3 is 2.88 bits per heavy atom. The molecule has 0 spiro atoms. The summed E-state index contributed by atoms with van der Waals surface area (Å²) < 4.78 is 5.57. The van der Waals surface area contributed by atoms with Crippen LogP contribution in [0.5, 0.6) is 5.75 Å². The first-order valence-corrected chi connectivity index (χ1v) is 6.27. The lowest BCUT2D eigenvalue weighted by atomic mass is 10.2. The van der Waals surface area contributed by atoms with Gasteiger partial charge in [0.25, 0.3) is 0 Å². The number of rotatable bonds is 5. The van der Waals surface area contributed by atoms with Crippen molar-refractivity contribution in [2.75, 3.05) is 11.9 Å². The molecule has 3 heteroatoms. The zero-order valence-corrected chi connectivity index (χ0v) is 10.6. The molecule has 1 aliphatic carbocycles. The highest BCUT2D eigenvalue weighted by Crippen LogP contribution is 2.36. The van der Waals surface area contributed by atoms with Crippen molar-refractivity contribution in [3.05, 3.63) is 23.2 Å². The molecule has 1 atom stereocenters. The van der Waals surface area contributed by atoms with Crippen LogP contribution in [0.25, 0.3) is 0 Å². The van der Waals surface area contributed by atoms with Gasteiger partial charge in [-0.05, 0) is 50.8 Å². The number of ether oxygens (including phenoxy) is 1. The largest absolute Gasteiger partial charge is 0.492 e. The molecule has 2 rings (SSSR count). The van der Waals surface area contributed by atoms with Gasteiger partial charge in [-0.15, -0.1) is 0 Å². The Labute approximate surface area is 102 Å². The van der Waals surface area contributed by atoms with Crippen molar-refractivity contribution >= 4 is 17.3 Å². The fourth-order valence-electron chi connectivity index (χ4n) is 1.86. The van der Waals surface area contributed by atoms with Gasteiger partial charge in [0.15, 0.2) is 0 Å². The maximum Gasteiger partial charge on any atom is 0.142 e. The molecular weight excluding hydrogens is 222 g/mol. The first-order chi connectivity index (χ1) is 7.70. The summed E-state index contributed by atoms with van der Waals surface area (Å²) >= 11 is 6.00. The Morgan fingerprint density at radius 1 is 1.50 bits per heavy atom. The molecule has 16 heavy (non-hydrogen) atoms. The highest BCUT2D eigenvalue weighted by atomic mass is 35.5. The van der Waals surface area contributed by atoms with Crippen LogP contribution in [0, 0.1) is 5.92 Å². The average Bonchev–Trinajstić information content (AvgIpc) is 3.05. The zero-order valence-electron chi connectivity index (χ0n) is 9.79. The topological polar surface area (TPSA) is 21.3 Å². The van der Waals surface area contributed by atoms with Crippen molar-refractivity contribution in [3.8, 4) is 5.75 Å². The number of hydrogen-bond donors (Lipinski definition) is 1. The van der Waals surface area contributed by atoms with E-state index in [1.54, 1.807) is 0 Å². The molecule has 0 bridgehead atoms. The molecule has 0 aromatic heterocycles. The molecule has 1 N–H and O–H groups in total. The summed E-state index contributed by atoms with van der Waals surface area (Å²) in [6.07, 6.45) is 2.66. The van der Waals surface area contributed by atoms with Gasteiger partial charge in [0, 0.05) is 11.1 Å². The SMILES string of the molecule is CCOc1ccc(Cl)cc1NC(C)C1CC1. The maximum absolute atomic E-state index is 6.00. The molecule has 88 valence electrons. The van der Waals surface area contributed by atoms with Gasteiger partial charge in [0.2, 0.25) is 0 Å². The van der Waals surface area contributed by atoms with Crippen LogP contribution in [0.15, 0.2) is 18.2 Å². The molecule has 0 heterocycles. The van der Waals surface area contributed by atoms with Gasteiger partial charge in [-0.1, -0.05) is 11.6 Å². The molecule has 1 unspecified atom stereocenters. The quantitative estimate of drug-likeness (QED) is 0.840. The molecule has 0 saturated heterocycles. The van der Waals surface area contributed by atoms with E-state index in [2.05, 4.69) is 12.2 Å². The third kappa shape index (κ3) is 2.82. The predicted molar refractivity (Wildman–Crippen MR) is 68.4 cm³/mol. The smallest absolute Gasteiger partial charge is 0.142 e. The molecule has 0 amide bonds. The second kappa shape index (κ2) is 4.96. The van der Waals surface area contributed by atoms with E-state index in [4.69, 9.17) is 16.3 Å². The van der Waals surface area contributed by atoms with Gasteiger partial charge in [0.05, 0.1) is 12.3 Å². The fraction of sp³-hybridized carbons (Fsp3) is 0.538. The fourth-order valence-corrected chi connectivity index (χ4v) is 2.03. The van der Waals surface area contributed by atoms with Crippen molar-refractivity contribution in [1.29, 1.82) is 0 Å². The van der Waals surface area contributed by atoms with Crippen molar-refractivity contribution in [2.24, 2.45) is 5.92 Å². The summed E-state index contributed by atoms with van der Waals surface area (Å²) in [5, 5.41) is 4.23. The van der Waals surface area contributed by atoms with Gasteiger partial charge < -0.3 is 10.1 Å². The normalized spacial score (nSPS) is 16.9. The third-order valence-electron chi connectivity index (χ3n) is 2.95. The third-order valence-corrected chi connectivity index (χ3v) is 3.19. The summed E-state index contributed by atoms with van der Waals surface area (Å²) in [7, 11) is 0. The Balaban J connectivity index is 2.12. The van der Waals surface area contributed by atoms with Crippen molar-refractivity contribution in [1.82, 2.24) is 0 Å². The second-order valence-corrected chi connectivity index (χ2v) is 4.78. The lowest BCUT2D eigenvalue weighted by Crippen LogP contribution is -2.17. The van der Waals surface area contributed by atoms with Gasteiger partial charge in [-0.2, -0.15) is 0 Å². The first kappa shape index (κ1) is 11.6. The number of hydrogen-bond acceptors (Lipinski definition) is 2. The Kier molecular flexibility index (Phi) is 3.59. The van der Waals surface area contributed by atoms with Crippen LogP contribution >= 0.6 is 11.6 Å². The van der Waals surface area contributed by atoms with Crippen LogP contribution in [-0.2, 0) is 0 Å². The number of benzene rings is 1. The molecule has 0 aliphatic heterocycles. The molecule has 2 nitrogen and oxygen atoms in total. The van der Waals surface area contributed by atoms with Crippen molar-refractivity contribution in [2.45, 2.75) is 32.7 Å². The zero-order chi connectivity index (χ0) is 11.5. The summed E-state index contributed by atoms with van der Waals surface area (Å²) in [5.41, 5.74) is 1.01. The maximum atomic E-state index is 6.00. The molecular formula is C13H18ClNO. The second-order valence-electron chi connectivity index (χ2n) is 4.34. The number of halogens is 1. The first-order valence-electron chi connectivity index (χ1n) is 5.89. The van der Waals surface area contributed by atoms with Gasteiger partial charge >= 0.3 is 0 Å². The van der Waals surface area contributed by atoms with Gasteiger partial charge in [-0.25, -0.2) is 0 Å². The highest BCUT2D eigenvalue weighted by Gasteiger charge is 2.28. The Bertz CT molecular complexity index is 363. The van der Waals surface area contributed by atoms with E-state index < -0.39 is 0 Å². The number of anilines is 1. The van der Waals surface area contributed by atoms with Crippen LogP contribution in [0.3, 0.4) is 0 Å². The lowest BCUT2D eigenvalue weighted by Gasteiger charge is -2.17. The molecule has 1 aromatic carbocycles. The monoisotopic (exact) mass is 239 g/mol. The summed E-state index contributed by atoms with van der Waals surface area (Å²) in [5.74, 6) is 1.70. The minimum atomic E-state index is 0.498. The van der Waals surface area contributed by atoms with E-state index in [1.165, 1.54) is 12.8 Å². The highest BCUT2D eigenvalue weighted by molar-refractivity contribution is 6.30. The number of nitrogens with one attached hydrogen (secondary N) is 1. The van der Waals surface area contributed by atoms with Crippen molar-refractivity contribution in [3.63, 3.8) is 0 Å². The molecule has 0 radical (unpaired) electrons. The van der Waals surface area contributed by atoms with Gasteiger partial charge in [0.1, 0.15) is 5.75 Å². The molecule has 1 fully saturated rings. The van der Waals surface area contributed by atoms with Gasteiger partial charge in [-0.3, -0.25) is 0 Å². The predicted octanol–water partition coefficient (Wildman–Crippen LogP) is 3.95. The van der Waals surface area contributed by atoms with Crippen LogP contribution in [0.2, 0.25) is 5.02 Å². The van der Waals surface area contributed by atoms with Crippen LogP contribution in [0.4, 0.5) is 5.69 Å². The van der Waals surface area contributed by atoms with E-state index in [-0.39, 0.29) is 0 Å². The lowest BCUT2D eigenvalue weighted by molar-refractivity contribution is 0.341. The Morgan fingerprint density at radius 2 is 2.25 bits per heavy atom. The van der Waals surface area contributed by atoms with E-state index in [0.717, 1.165) is 22.4 Å². The van der Waals surface area contributed by atoms with Crippen LogP contribution in [-0.4, -0.2) is 12.6 Å². The molecule has 1 saturated carbocycles. The van der Waals surface area contributed by atoms with Crippen molar-refractivity contribution < 1.29 is 4.74 Å². The minimum absolute atomic E-state index is 0.498.